The number of nitrogens with one attached hydrogen (secondary N) is 1. The van der Waals surface area contributed by atoms with Gasteiger partial charge in [0.2, 0.25) is 11.8 Å². The van der Waals surface area contributed by atoms with Gasteiger partial charge in [0.1, 0.15) is 12.6 Å². The van der Waals surface area contributed by atoms with E-state index in [1.54, 1.807) is 60.7 Å². The van der Waals surface area contributed by atoms with Crippen molar-refractivity contribution in [2.24, 2.45) is 0 Å². The minimum Gasteiger partial charge on any atom is -0.350 e. The Labute approximate surface area is 269 Å². The van der Waals surface area contributed by atoms with Gasteiger partial charge in [0, 0.05) is 28.5 Å². The molecule has 0 fully saturated rings. The number of rotatable bonds is 11. The van der Waals surface area contributed by atoms with Gasteiger partial charge in [-0.1, -0.05) is 96.0 Å². The summed E-state index contributed by atoms with van der Waals surface area (Å²) in [7, 11) is -4.21. The summed E-state index contributed by atoms with van der Waals surface area (Å²) < 4.78 is 29.0. The summed E-state index contributed by atoms with van der Waals surface area (Å²) in [5, 5.41) is 3.74. The van der Waals surface area contributed by atoms with Crippen molar-refractivity contribution in [1.29, 1.82) is 0 Å². The average molecular weight is 653 g/mol. The predicted molar refractivity (Wildman–Crippen MR) is 176 cm³/mol. The first-order chi connectivity index (χ1) is 20.8. The highest BCUT2D eigenvalue weighted by molar-refractivity contribution is 7.92. The van der Waals surface area contributed by atoms with E-state index in [0.717, 1.165) is 9.87 Å². The summed E-state index contributed by atoms with van der Waals surface area (Å²) in [6.07, 6.45) is 0.196. The number of halogens is 2. The van der Waals surface area contributed by atoms with Crippen LogP contribution < -0.4 is 9.62 Å². The van der Waals surface area contributed by atoms with Crippen LogP contribution in [-0.2, 0) is 32.6 Å². The van der Waals surface area contributed by atoms with Crippen molar-refractivity contribution in [2.45, 2.75) is 50.2 Å². The molecule has 1 atom stereocenters. The lowest BCUT2D eigenvalue weighted by Crippen LogP contribution is -2.56. The van der Waals surface area contributed by atoms with Gasteiger partial charge < -0.3 is 10.2 Å². The molecule has 0 radical (unpaired) electrons. The van der Waals surface area contributed by atoms with E-state index in [1.807, 2.05) is 51.1 Å². The molecule has 4 rings (SSSR count). The Morgan fingerprint density at radius 1 is 0.818 bits per heavy atom. The first kappa shape index (κ1) is 33.1. The lowest BCUT2D eigenvalue weighted by molar-refractivity contribution is -0.140. The maximum Gasteiger partial charge on any atom is 0.264 e. The van der Waals surface area contributed by atoms with Crippen molar-refractivity contribution >= 4 is 50.7 Å². The Morgan fingerprint density at radius 3 is 2.05 bits per heavy atom. The van der Waals surface area contributed by atoms with E-state index in [1.165, 1.54) is 23.1 Å². The molecule has 2 amide bonds. The van der Waals surface area contributed by atoms with E-state index in [-0.39, 0.29) is 29.5 Å². The third-order valence-electron chi connectivity index (χ3n) is 6.77. The van der Waals surface area contributed by atoms with E-state index >= 15 is 0 Å². The summed E-state index contributed by atoms with van der Waals surface area (Å²) in [4.78, 5) is 29.8. The molecule has 0 aliphatic rings. The Kier molecular flexibility index (Phi) is 10.7. The standard InChI is InChI=1S/C34H35Cl2N3O4S/c1-34(2,3)37-33(41)31(21-25-13-6-4-7-14-25)38(23-26-15-10-11-20-30(26)36)32(40)24-39(28-17-12-16-27(35)22-28)44(42,43)29-18-8-5-9-19-29/h4-20,22,31H,21,23-24H2,1-3H3,(H,37,41)/t31-/m0/s1. The third-order valence-corrected chi connectivity index (χ3v) is 9.17. The number of sulfonamides is 1. The quantitative estimate of drug-likeness (QED) is 0.194. The zero-order valence-electron chi connectivity index (χ0n) is 24.8. The maximum absolute atomic E-state index is 14.5. The lowest BCUT2D eigenvalue weighted by Gasteiger charge is -2.35. The average Bonchev–Trinajstić information content (AvgIpc) is 2.98. The van der Waals surface area contributed by atoms with E-state index in [2.05, 4.69) is 5.32 Å². The molecule has 10 heteroatoms. The zero-order chi connectivity index (χ0) is 31.9. The Morgan fingerprint density at radius 2 is 1.43 bits per heavy atom. The third kappa shape index (κ3) is 8.62. The van der Waals surface area contributed by atoms with Crippen LogP contribution in [0.1, 0.15) is 31.9 Å². The number of hydrogen-bond acceptors (Lipinski definition) is 4. The van der Waals surface area contributed by atoms with Crippen LogP contribution in [-0.4, -0.2) is 43.3 Å². The minimum absolute atomic E-state index is 0.0109. The normalized spacial score (nSPS) is 12.3. The highest BCUT2D eigenvalue weighted by Gasteiger charge is 2.35. The van der Waals surface area contributed by atoms with Crippen LogP contribution >= 0.6 is 23.2 Å². The SMILES string of the molecule is CC(C)(C)NC(=O)[C@H](Cc1ccccc1)N(Cc1ccccc1Cl)C(=O)CN(c1cccc(Cl)c1)S(=O)(=O)c1ccccc1. The highest BCUT2D eigenvalue weighted by atomic mass is 35.5. The minimum atomic E-state index is -4.21. The molecule has 0 aliphatic carbocycles. The van der Waals surface area contributed by atoms with Crippen LogP contribution in [0.25, 0.3) is 0 Å². The van der Waals surface area contributed by atoms with Gasteiger partial charge >= 0.3 is 0 Å². The van der Waals surface area contributed by atoms with Crippen molar-refractivity contribution in [3.63, 3.8) is 0 Å². The first-order valence-electron chi connectivity index (χ1n) is 14.1. The lowest BCUT2D eigenvalue weighted by atomic mass is 10.0. The fourth-order valence-electron chi connectivity index (χ4n) is 4.70. The number of nitrogens with zero attached hydrogens (tertiary/aromatic N) is 2. The van der Waals surface area contributed by atoms with Crippen LogP contribution in [0, 0.1) is 0 Å². The van der Waals surface area contributed by atoms with Crippen LogP contribution in [0.3, 0.4) is 0 Å². The van der Waals surface area contributed by atoms with Crippen molar-refractivity contribution in [1.82, 2.24) is 10.2 Å². The molecular weight excluding hydrogens is 617 g/mol. The van der Waals surface area contributed by atoms with Crippen LogP contribution in [0.4, 0.5) is 5.69 Å². The predicted octanol–water partition coefficient (Wildman–Crippen LogP) is 6.74. The van der Waals surface area contributed by atoms with Gasteiger partial charge in [-0.3, -0.25) is 13.9 Å². The second-order valence-corrected chi connectivity index (χ2v) is 14.1. The number of carbonyl (C=O) groups excluding carboxylic acids is 2. The smallest absolute Gasteiger partial charge is 0.264 e. The van der Waals surface area contributed by atoms with Gasteiger partial charge in [-0.2, -0.15) is 0 Å². The molecule has 0 spiro atoms. The maximum atomic E-state index is 14.5. The molecule has 4 aromatic rings. The van der Waals surface area contributed by atoms with Crippen molar-refractivity contribution in [2.75, 3.05) is 10.8 Å². The molecule has 0 heterocycles. The molecule has 1 N–H and O–H groups in total. The van der Waals surface area contributed by atoms with Crippen LogP contribution in [0.5, 0.6) is 0 Å². The molecule has 0 aromatic heterocycles. The number of amides is 2. The van der Waals surface area contributed by atoms with E-state index in [4.69, 9.17) is 23.2 Å². The Balaban J connectivity index is 1.82. The van der Waals surface area contributed by atoms with Gasteiger partial charge in [-0.25, -0.2) is 8.42 Å². The van der Waals surface area contributed by atoms with E-state index in [0.29, 0.717) is 15.6 Å². The van der Waals surface area contributed by atoms with Gasteiger partial charge in [0.15, 0.2) is 0 Å². The van der Waals surface area contributed by atoms with E-state index in [9.17, 15) is 18.0 Å². The van der Waals surface area contributed by atoms with Gasteiger partial charge in [0.25, 0.3) is 10.0 Å². The molecule has 0 unspecified atom stereocenters. The second-order valence-electron chi connectivity index (χ2n) is 11.4. The monoisotopic (exact) mass is 651 g/mol. The van der Waals surface area contributed by atoms with Gasteiger partial charge in [-0.15, -0.1) is 0 Å². The van der Waals surface area contributed by atoms with Crippen LogP contribution in [0.2, 0.25) is 10.0 Å². The molecular formula is C34H35Cl2N3O4S. The number of benzene rings is 4. The molecule has 0 aliphatic heterocycles. The van der Waals surface area contributed by atoms with Crippen molar-refractivity contribution < 1.29 is 18.0 Å². The largest absolute Gasteiger partial charge is 0.350 e. The molecule has 0 saturated heterocycles. The molecule has 230 valence electrons. The molecule has 0 saturated carbocycles. The summed E-state index contributed by atoms with van der Waals surface area (Å²) in [6.45, 7) is 4.96. The van der Waals surface area contributed by atoms with Gasteiger partial charge in [0.05, 0.1) is 10.6 Å². The fourth-order valence-corrected chi connectivity index (χ4v) is 6.50. The van der Waals surface area contributed by atoms with Gasteiger partial charge in [-0.05, 0) is 68.3 Å². The van der Waals surface area contributed by atoms with E-state index < -0.39 is 34.1 Å². The molecule has 0 bridgehead atoms. The second kappa shape index (κ2) is 14.3. The first-order valence-corrected chi connectivity index (χ1v) is 16.3. The summed E-state index contributed by atoms with van der Waals surface area (Å²) in [6, 6.07) is 29.6. The molecule has 44 heavy (non-hydrogen) atoms. The summed E-state index contributed by atoms with van der Waals surface area (Å²) in [5.41, 5.74) is 1.08. The number of anilines is 1. The fraction of sp³-hybridized carbons (Fsp3) is 0.235. The van der Waals surface area contributed by atoms with Crippen molar-refractivity contribution in [3.8, 4) is 0 Å². The summed E-state index contributed by atoms with van der Waals surface area (Å²) >= 11 is 12.8. The highest BCUT2D eigenvalue weighted by Crippen LogP contribution is 2.28. The number of carbonyl (C=O) groups is 2. The zero-order valence-corrected chi connectivity index (χ0v) is 27.1. The number of hydrogen-bond donors (Lipinski definition) is 1. The van der Waals surface area contributed by atoms with Crippen molar-refractivity contribution in [3.05, 3.63) is 130 Å². The molecule has 4 aromatic carbocycles. The molecule has 7 nitrogen and oxygen atoms in total. The summed E-state index contributed by atoms with van der Waals surface area (Å²) in [5.74, 6) is -0.962. The Bertz CT molecular complexity index is 1690. The van der Waals surface area contributed by atoms with Crippen LogP contribution in [0.15, 0.2) is 114 Å². The topological polar surface area (TPSA) is 86.8 Å². The Hall–Kier alpha value is -3.85.